The highest BCUT2D eigenvalue weighted by molar-refractivity contribution is 9.11. The molecule has 13 aromatic heterocycles. The minimum Gasteiger partial charge on any atom is -0.508 e. The van der Waals surface area contributed by atoms with Crippen molar-refractivity contribution in [2.24, 2.45) is 21.0 Å². The van der Waals surface area contributed by atoms with E-state index in [-0.39, 0.29) is 41.3 Å². The molecule has 5 N–H and O–H groups in total. The number of hydrogen-bond acceptors (Lipinski definition) is 29. The van der Waals surface area contributed by atoms with Crippen molar-refractivity contribution < 1.29 is 58.3 Å². The van der Waals surface area contributed by atoms with Crippen molar-refractivity contribution in [3.05, 3.63) is 365 Å². The summed E-state index contributed by atoms with van der Waals surface area (Å²) in [5.41, 5.74) is 33.0. The number of nitrogens with two attached hydrogens (primary N) is 1. The number of ether oxygens (including phenoxy) is 3. The van der Waals surface area contributed by atoms with E-state index in [1.165, 1.54) is 43.0 Å². The zero-order chi connectivity index (χ0) is 102. The van der Waals surface area contributed by atoms with E-state index >= 15 is 0 Å². The molecule has 5 aromatic carbocycles. The Hall–Kier alpha value is -16.6. The number of hydrogen-bond donors (Lipinski definition) is 4. The van der Waals surface area contributed by atoms with E-state index in [0.29, 0.717) is 121 Å². The molecule has 0 saturated carbocycles. The van der Waals surface area contributed by atoms with Gasteiger partial charge in [-0.25, -0.2) is 0 Å². The van der Waals surface area contributed by atoms with Gasteiger partial charge in [-0.1, -0.05) is 40.9 Å². The topological polar surface area (TPSA) is 519 Å². The molecular formula is C100H98Br2Cl2N26O12. The smallest absolute Gasteiger partial charge is 0.211 e. The van der Waals surface area contributed by atoms with Crippen molar-refractivity contribution in [1.29, 1.82) is 0 Å². The molecule has 0 bridgehead atoms. The van der Waals surface area contributed by atoms with Crippen LogP contribution in [-0.4, -0.2) is 181 Å². The third-order valence-corrected chi connectivity index (χ3v) is 21.4. The number of nitrogens with zero attached hydrogens (tertiary/aromatic N) is 25. The number of azide groups is 2. The molecule has 0 aliphatic rings. The van der Waals surface area contributed by atoms with Crippen LogP contribution < -0.4 is 19.9 Å². The van der Waals surface area contributed by atoms with Gasteiger partial charge in [-0.3, -0.25) is 97.0 Å². The first kappa shape index (κ1) is 111. The molecule has 142 heavy (non-hydrogen) atoms. The van der Waals surface area contributed by atoms with Crippen molar-refractivity contribution in [2.45, 2.75) is 87.3 Å². The molecule has 18 rings (SSSR count). The number of benzene rings is 5. The SMILES string of the molecule is CCN.CCN=Cc1cnccc1N=[N+]=[N-].CCn1cc2cnccc2n1.CCn1nc2ccncc2c1C(=O)c1cc(Br)c(O)c(Br)c1.CCn1nc2ccncc2c1C(=O)c1ccc(O)cc1.CCn1nc2ccncc2c1C(=O)c1ccc(OC)cc1.CCn1nc2ccncc2c1C(O)c1ccc(OC)cc1.COc1ccc(C=O)cc1.Cl.O=Cc1cnccc1Cl.[N-]=[N+]=Nc1ccncc1C=O. The molecule has 1 atom stereocenters. The Labute approximate surface area is 842 Å². The molecule has 18 aromatic rings. The van der Waals surface area contributed by atoms with Gasteiger partial charge in [-0.05, 0) is 242 Å². The van der Waals surface area contributed by atoms with Gasteiger partial charge in [0.25, 0.3) is 0 Å². The lowest BCUT2D eigenvalue weighted by atomic mass is 10.0. The van der Waals surface area contributed by atoms with Crippen LogP contribution in [0, 0.1) is 0 Å². The fraction of sp³-hybridized carbons (Fsp3) is 0.180. The van der Waals surface area contributed by atoms with Crippen LogP contribution in [0.25, 0.3) is 75.4 Å². The number of aliphatic hydroxyl groups is 1. The summed E-state index contributed by atoms with van der Waals surface area (Å²) in [5, 5.41) is 63.4. The zero-order valence-corrected chi connectivity index (χ0v) is 83.2. The van der Waals surface area contributed by atoms with Crippen LogP contribution in [0.15, 0.2) is 287 Å². The molecule has 728 valence electrons. The molecule has 42 heteroatoms. The molecule has 1 unspecified atom stereocenters. The Morgan fingerprint density at radius 3 is 1.22 bits per heavy atom. The normalized spacial score (nSPS) is 10.4. The second-order valence-corrected chi connectivity index (χ2v) is 30.8. The number of aromatic hydroxyl groups is 2. The van der Waals surface area contributed by atoms with Gasteiger partial charge in [0, 0.05) is 227 Å². The number of aliphatic imine (C=N–C) groups is 1. The fourth-order valence-corrected chi connectivity index (χ4v) is 14.3. The van der Waals surface area contributed by atoms with Crippen molar-refractivity contribution in [1.82, 2.24) is 88.8 Å². The molecule has 0 fully saturated rings. The summed E-state index contributed by atoms with van der Waals surface area (Å²) in [6, 6.07) is 44.7. The molecule has 0 spiro atoms. The Morgan fingerprint density at radius 2 is 0.817 bits per heavy atom. The predicted octanol–water partition coefficient (Wildman–Crippen LogP) is 20.7. The van der Waals surface area contributed by atoms with E-state index in [0.717, 1.165) is 108 Å². The highest BCUT2D eigenvalue weighted by Gasteiger charge is 2.25. The lowest BCUT2D eigenvalue weighted by Gasteiger charge is -2.14. The third-order valence-electron chi connectivity index (χ3n) is 19.8. The number of halogens is 4. The maximum atomic E-state index is 12.9. The van der Waals surface area contributed by atoms with Gasteiger partial charge >= 0.3 is 0 Å². The number of aldehydes is 3. The largest absolute Gasteiger partial charge is 0.508 e. The van der Waals surface area contributed by atoms with E-state index in [4.69, 9.17) is 42.6 Å². The first-order valence-electron chi connectivity index (χ1n) is 43.3. The van der Waals surface area contributed by atoms with E-state index < -0.39 is 6.10 Å². The number of aliphatic hydroxyl groups excluding tert-OH is 1. The van der Waals surface area contributed by atoms with E-state index in [1.807, 2.05) is 106 Å². The number of carbonyl (C=O) groups is 6. The number of aryl methyl sites for hydroxylation is 5. The van der Waals surface area contributed by atoms with Crippen LogP contribution >= 0.6 is 55.9 Å². The fourth-order valence-electron chi connectivity index (χ4n) is 13.0. The van der Waals surface area contributed by atoms with Crippen molar-refractivity contribution in [2.75, 3.05) is 34.4 Å². The number of phenolic OH excluding ortho intramolecular Hbond substituents is 2. The maximum absolute atomic E-state index is 12.9. The van der Waals surface area contributed by atoms with Gasteiger partial charge in [0.2, 0.25) is 17.3 Å². The first-order valence-corrected chi connectivity index (χ1v) is 45.3. The zero-order valence-electron chi connectivity index (χ0n) is 78.5. The Bertz CT molecular complexity index is 7310. The summed E-state index contributed by atoms with van der Waals surface area (Å²) in [7, 11) is 4.81. The Balaban J connectivity index is 0.000000198. The Morgan fingerprint density at radius 1 is 0.451 bits per heavy atom. The minimum atomic E-state index is -0.745. The third kappa shape index (κ3) is 30.2. The van der Waals surface area contributed by atoms with Gasteiger partial charge in [0.15, 0.2) is 12.6 Å². The van der Waals surface area contributed by atoms with Crippen LogP contribution in [0.4, 0.5) is 11.4 Å². The van der Waals surface area contributed by atoms with Crippen molar-refractivity contribution >= 4 is 164 Å². The molecule has 0 aliphatic carbocycles. The molecule has 13 heterocycles. The molecule has 0 aliphatic heterocycles. The highest BCUT2D eigenvalue weighted by Crippen LogP contribution is 2.36. The second kappa shape index (κ2) is 57.6. The average molecular weight is 2090 g/mol. The number of pyridine rings is 8. The number of phenols is 2. The summed E-state index contributed by atoms with van der Waals surface area (Å²) < 4.78 is 24.9. The number of fused-ring (bicyclic) bond motifs is 5. The quantitative estimate of drug-likeness (QED) is 0.0115. The number of rotatable bonds is 23. The molecule has 38 nitrogen and oxygen atoms in total. The van der Waals surface area contributed by atoms with Crippen LogP contribution in [0.5, 0.6) is 28.7 Å². The van der Waals surface area contributed by atoms with Gasteiger partial charge in [-0.2, -0.15) is 25.5 Å². The summed E-state index contributed by atoms with van der Waals surface area (Å²) >= 11 is 12.0. The Kier molecular flexibility index (Phi) is 44.9. The number of ketones is 3. The van der Waals surface area contributed by atoms with E-state index in [2.05, 4.69) is 129 Å². The first-order chi connectivity index (χ1) is 68.5. The number of carbonyl (C=O) groups excluding carboxylic acids is 6. The molecular weight excluding hydrogens is 1990 g/mol. The van der Waals surface area contributed by atoms with Crippen molar-refractivity contribution in [3.63, 3.8) is 0 Å². The van der Waals surface area contributed by atoms with E-state index in [9.17, 15) is 44.1 Å². The maximum Gasteiger partial charge on any atom is 0.211 e. The average Bonchev–Trinajstić information content (AvgIpc) is 1.64. The number of aromatic nitrogens is 18. The van der Waals surface area contributed by atoms with Crippen LogP contribution in [-0.2, 0) is 32.7 Å². The van der Waals surface area contributed by atoms with Gasteiger partial charge in [0.1, 0.15) is 58.2 Å². The predicted molar refractivity (Wildman–Crippen MR) is 553 cm³/mol. The summed E-state index contributed by atoms with van der Waals surface area (Å²) in [5.74, 6) is 2.11. The van der Waals surface area contributed by atoms with Gasteiger partial charge < -0.3 is 35.3 Å². The standard InChI is InChI=1S/C16H17N3O2.C16H15N3O2.C15H11Br2N3O2.C15H13N3O2.C8H9N5.C8H9N3.C8H8O2.C6H4ClNO.C6H4N4O.C2H7N.ClH/c2*1-3-19-15(13-10-17-9-8-14(13)18-19)16(20)11-4-6-12(21-2)7-5-11;1-2-20-13(9-7-18-4-3-12(9)19-20)14(21)8-5-10(16)15(22)11(17)6-8;1-2-18-14(12-9-16-8-7-13(12)17-18)15(20)10-3-5-11(19)6-4-10;1-2-10-5-7-6-11-4-3-8(7)12-13-9;1-2-11-6-7-5-9-4-3-8(7)10-11;1-10-8-4-2-7(6-9)3-5-8;7-6-1-2-8-3-5(6)4-9;7-10-9-6-1-2-8-3-5(6)4-11;1-2-3;/h4-10,16,20H,3H2,1-2H3;4-10H,3H2,1-2H3;3-7,22H,2H2,1H3;3-9,19H,2H2,1H3;3-6H,2H2,1H3;3-6H,2H2,1H3;2-6H,1H3;1-4H;1-4H;2-3H2,1H3;1H. The minimum absolute atomic E-state index is 0. The summed E-state index contributed by atoms with van der Waals surface area (Å²) in [6.07, 6.45) is 30.9. The highest BCUT2D eigenvalue weighted by atomic mass is 79.9. The number of methoxy groups -OCH3 is 3. The molecule has 0 radical (unpaired) electrons. The van der Waals surface area contributed by atoms with Crippen LogP contribution in [0.1, 0.15) is 151 Å². The van der Waals surface area contributed by atoms with Crippen LogP contribution in [0.3, 0.4) is 0 Å². The van der Waals surface area contributed by atoms with E-state index in [1.54, 1.807) is 207 Å². The van der Waals surface area contributed by atoms with Gasteiger partial charge in [0.05, 0.1) is 79.8 Å². The monoisotopic (exact) mass is 2080 g/mol. The lowest BCUT2D eigenvalue weighted by Crippen LogP contribution is -2.11. The van der Waals surface area contributed by atoms with Crippen molar-refractivity contribution in [3.8, 4) is 28.7 Å². The van der Waals surface area contributed by atoms with Gasteiger partial charge in [-0.15, -0.1) is 12.4 Å². The summed E-state index contributed by atoms with van der Waals surface area (Å²) in [6.45, 7) is 18.6. The second-order valence-electron chi connectivity index (χ2n) is 28.7. The van der Waals surface area contributed by atoms with Crippen LogP contribution in [0.2, 0.25) is 5.02 Å². The molecule has 0 saturated heterocycles. The summed E-state index contributed by atoms with van der Waals surface area (Å²) in [4.78, 5) is 110. The molecule has 0 amide bonds. The lowest BCUT2D eigenvalue weighted by molar-refractivity contribution is 0.102.